The van der Waals surface area contributed by atoms with Crippen LogP contribution in [0.15, 0.2) is 96.8 Å². The van der Waals surface area contributed by atoms with E-state index in [-0.39, 0.29) is 75.3 Å². The molecule has 17 heteroatoms. The van der Waals surface area contributed by atoms with Gasteiger partial charge in [0.05, 0.1) is 58.5 Å². The number of ether oxygens (including phenoxy) is 4. The van der Waals surface area contributed by atoms with E-state index in [1.165, 1.54) is 281 Å². The summed E-state index contributed by atoms with van der Waals surface area (Å²) in [6.07, 6.45) is 79.3. The topological polar surface area (TPSA) is 220 Å². The summed E-state index contributed by atoms with van der Waals surface area (Å²) < 4.78 is 93.3. The standard InChI is InChI=1S/2C44H74O7S.Ca/c2*1-3-5-7-9-11-13-15-17-19-21-23-25-27-29-31-33-38-50-43(45)40-36-35-37-41(52(47,48)49)42(40)44(46)51-39-34-32-30-28-26-24-22-20-18-16-14-12-10-8-6-4-2;/h2*3-4,35-37H,1-2,5-34,38-39H2,(H,47,48,49);/q;;+2/p-2. The molecule has 0 saturated carbocycles. The smallest absolute Gasteiger partial charge is 0.744 e. The van der Waals surface area contributed by atoms with Gasteiger partial charge in [-0.1, -0.05) is 345 Å². The minimum atomic E-state index is -5.01. The van der Waals surface area contributed by atoms with Crippen LogP contribution in [0.5, 0.6) is 0 Å². The van der Waals surface area contributed by atoms with Gasteiger partial charge in [-0.05, 0) is 101 Å². The predicted molar refractivity (Wildman–Crippen MR) is 434 cm³/mol. The van der Waals surface area contributed by atoms with Crippen molar-refractivity contribution in [2.45, 2.75) is 395 Å². The molecule has 0 unspecified atom stereocenters. The normalized spacial score (nSPS) is 11.3. The molecule has 2 rings (SSSR count). The second-order valence-electron chi connectivity index (χ2n) is 28.9. The molecule has 105 heavy (non-hydrogen) atoms. The summed E-state index contributed by atoms with van der Waals surface area (Å²) in [7, 11) is -10.0. The predicted octanol–water partition coefficient (Wildman–Crippen LogP) is 25.6. The Kier molecular flexibility index (Phi) is 70.6. The number of esters is 4. The van der Waals surface area contributed by atoms with Crippen LogP contribution in [0.3, 0.4) is 0 Å². The SMILES string of the molecule is C=CCCCCCCCCCCCCCCCCOC(=O)c1cccc(S(=O)(=O)[O-])c1C(=O)OCCCCCCCCCCCCCCCCC=C.C=CCCCCCCCCCCCCCCCCOC(=O)c1cccc(S(=O)(=O)[O-])c1C(=O)OCCCCCCCCCCCCCCCCC=C.[Ca+2]. The van der Waals surface area contributed by atoms with E-state index in [1.54, 1.807) is 0 Å². The number of benzene rings is 2. The van der Waals surface area contributed by atoms with Gasteiger partial charge >= 0.3 is 61.6 Å². The molecule has 0 N–H and O–H groups in total. The molecule has 0 saturated heterocycles. The first-order valence-corrected chi connectivity index (χ1v) is 44.8. The van der Waals surface area contributed by atoms with Gasteiger partial charge in [-0.3, -0.25) is 0 Å². The Morgan fingerprint density at radius 2 is 0.410 bits per heavy atom. The second kappa shape index (κ2) is 73.2. The fraction of sp³-hybridized carbons (Fsp3) is 0.727. The van der Waals surface area contributed by atoms with E-state index in [0.717, 1.165) is 115 Å². The molecule has 2 aromatic carbocycles. The number of unbranched alkanes of at least 4 members (excludes halogenated alkanes) is 56. The molecule has 0 spiro atoms. The van der Waals surface area contributed by atoms with Gasteiger partial charge in [-0.25, -0.2) is 36.0 Å². The van der Waals surface area contributed by atoms with Crippen molar-refractivity contribution in [1.82, 2.24) is 0 Å². The number of hydrogen-bond donors (Lipinski definition) is 0. The average Bonchev–Trinajstić information content (AvgIpc) is 0.799. The number of rotatable bonds is 74. The summed E-state index contributed by atoms with van der Waals surface area (Å²) in [5.74, 6) is -3.63. The summed E-state index contributed by atoms with van der Waals surface area (Å²) in [5, 5.41) is 0. The van der Waals surface area contributed by atoms with Crippen LogP contribution in [-0.2, 0) is 39.2 Å². The van der Waals surface area contributed by atoms with E-state index < -0.39 is 65.0 Å². The van der Waals surface area contributed by atoms with Gasteiger partial charge in [0, 0.05) is 0 Å². The van der Waals surface area contributed by atoms with Crippen molar-refractivity contribution in [2.75, 3.05) is 26.4 Å². The van der Waals surface area contributed by atoms with Gasteiger partial charge in [0.2, 0.25) is 0 Å². The van der Waals surface area contributed by atoms with Crippen molar-refractivity contribution < 1.29 is 64.1 Å². The van der Waals surface area contributed by atoms with Crippen LogP contribution in [0, 0.1) is 0 Å². The molecule has 0 heterocycles. The largest absolute Gasteiger partial charge is 2.00 e. The Morgan fingerprint density at radius 3 is 0.571 bits per heavy atom. The Hall–Kier alpha value is -3.64. The maximum Gasteiger partial charge on any atom is 2.00 e. The molecule has 0 aliphatic rings. The first kappa shape index (κ1) is 101. The molecule has 0 bridgehead atoms. The molecule has 14 nitrogen and oxygen atoms in total. The van der Waals surface area contributed by atoms with Crippen molar-refractivity contribution in [3.8, 4) is 0 Å². The van der Waals surface area contributed by atoms with Crippen molar-refractivity contribution >= 4 is 81.9 Å². The van der Waals surface area contributed by atoms with E-state index in [2.05, 4.69) is 26.3 Å². The molecule has 0 aromatic heterocycles. The van der Waals surface area contributed by atoms with E-state index in [4.69, 9.17) is 18.9 Å². The maximum absolute atomic E-state index is 13.0. The van der Waals surface area contributed by atoms with E-state index in [9.17, 15) is 45.1 Å². The summed E-state index contributed by atoms with van der Waals surface area (Å²) in [5.41, 5.74) is -1.56. The summed E-state index contributed by atoms with van der Waals surface area (Å²) in [6.45, 7) is 15.6. The first-order valence-electron chi connectivity index (χ1n) is 41.9. The van der Waals surface area contributed by atoms with Gasteiger partial charge in [0.15, 0.2) is 0 Å². The van der Waals surface area contributed by atoms with Crippen LogP contribution in [0.4, 0.5) is 0 Å². The Labute approximate surface area is 671 Å². The molecule has 2 aromatic rings. The van der Waals surface area contributed by atoms with Gasteiger partial charge in [-0.2, -0.15) is 0 Å². The zero-order valence-electron chi connectivity index (χ0n) is 66.1. The Morgan fingerprint density at radius 1 is 0.257 bits per heavy atom. The average molecular weight is 1530 g/mol. The van der Waals surface area contributed by atoms with Crippen molar-refractivity contribution in [1.29, 1.82) is 0 Å². The van der Waals surface area contributed by atoms with Crippen molar-refractivity contribution in [2.24, 2.45) is 0 Å². The van der Waals surface area contributed by atoms with Gasteiger partial charge < -0.3 is 28.1 Å². The summed E-state index contributed by atoms with van der Waals surface area (Å²) >= 11 is 0. The number of hydrogen-bond acceptors (Lipinski definition) is 14. The molecular weight excluding hydrogens is 1390 g/mol. The maximum atomic E-state index is 13.0. The molecule has 0 aliphatic carbocycles. The molecule has 0 radical (unpaired) electrons. The van der Waals surface area contributed by atoms with E-state index in [0.29, 0.717) is 25.7 Å². The number of carbonyl (C=O) groups excluding carboxylic acids is 4. The van der Waals surface area contributed by atoms with Gasteiger partial charge in [0.25, 0.3) is 0 Å². The van der Waals surface area contributed by atoms with Crippen LogP contribution in [0.25, 0.3) is 0 Å². The third kappa shape index (κ3) is 58.9. The number of carbonyl (C=O) groups is 4. The minimum Gasteiger partial charge on any atom is -0.744 e. The zero-order chi connectivity index (χ0) is 75.9. The van der Waals surface area contributed by atoms with E-state index >= 15 is 0 Å². The van der Waals surface area contributed by atoms with Crippen LogP contribution < -0.4 is 0 Å². The molecule has 596 valence electrons. The molecule has 0 atom stereocenters. The molecular formula is C88H146CaO14S2. The van der Waals surface area contributed by atoms with Crippen molar-refractivity contribution in [3.63, 3.8) is 0 Å². The second-order valence-corrected chi connectivity index (χ2v) is 31.6. The van der Waals surface area contributed by atoms with Crippen LogP contribution in [-0.4, -0.2) is 114 Å². The van der Waals surface area contributed by atoms with Crippen LogP contribution in [0.1, 0.15) is 427 Å². The number of allylic oxidation sites excluding steroid dienone is 4. The monoisotopic (exact) mass is 1530 g/mol. The summed E-state index contributed by atoms with van der Waals surface area (Å²) in [4.78, 5) is 50.3. The van der Waals surface area contributed by atoms with E-state index in [1.807, 2.05) is 24.3 Å². The summed E-state index contributed by atoms with van der Waals surface area (Å²) in [6, 6.07) is 7.24. The quantitative estimate of drug-likeness (QED) is 0.0150. The zero-order valence-corrected chi connectivity index (χ0v) is 69.9. The molecule has 0 amide bonds. The minimum absolute atomic E-state index is 0. The van der Waals surface area contributed by atoms with Gasteiger partial charge in [0.1, 0.15) is 20.2 Å². The molecule has 0 fully saturated rings. The van der Waals surface area contributed by atoms with Crippen LogP contribution in [0.2, 0.25) is 0 Å². The fourth-order valence-electron chi connectivity index (χ4n) is 13.2. The first-order chi connectivity index (χ1) is 50.6. The van der Waals surface area contributed by atoms with Gasteiger partial charge in [-0.15, -0.1) is 26.3 Å². The van der Waals surface area contributed by atoms with Crippen molar-refractivity contribution in [3.05, 3.63) is 109 Å². The third-order valence-electron chi connectivity index (χ3n) is 19.6. The Bertz CT molecular complexity index is 2550. The molecule has 0 aliphatic heterocycles. The Balaban J connectivity index is 0.00000204. The van der Waals surface area contributed by atoms with Crippen LogP contribution >= 0.6 is 0 Å². The third-order valence-corrected chi connectivity index (χ3v) is 21.3. The fourth-order valence-corrected chi connectivity index (χ4v) is 14.6.